The van der Waals surface area contributed by atoms with E-state index in [0.29, 0.717) is 28.2 Å². The van der Waals surface area contributed by atoms with Crippen molar-refractivity contribution in [1.82, 2.24) is 25.1 Å². The molecule has 2 aromatic heterocycles. The van der Waals surface area contributed by atoms with E-state index in [0.717, 1.165) is 25.9 Å². The third kappa shape index (κ3) is 2.80. The van der Waals surface area contributed by atoms with Gasteiger partial charge in [0.2, 0.25) is 22.9 Å². The van der Waals surface area contributed by atoms with Crippen molar-refractivity contribution >= 4 is 23.7 Å². The fourth-order valence-corrected chi connectivity index (χ4v) is 2.57. The molecule has 0 bridgehead atoms. The van der Waals surface area contributed by atoms with Crippen LogP contribution in [0.25, 0.3) is 0 Å². The molecule has 0 radical (unpaired) electrons. The standard InChI is InChI=1S/C10H14N8OS/c1-6-16-17-10(19-6)20-9-13-7(15-11)12-8(14-9)18-4-2-3-5-18/h2-5,11H2,1H3,(H,12,13,14,15). The first kappa shape index (κ1) is 13.1. The summed E-state index contributed by atoms with van der Waals surface area (Å²) in [5, 5.41) is 8.53. The molecule has 1 fully saturated rings. The summed E-state index contributed by atoms with van der Waals surface area (Å²) in [6.45, 7) is 3.61. The van der Waals surface area contributed by atoms with Gasteiger partial charge in [-0.05, 0) is 12.8 Å². The third-order valence-electron chi connectivity index (χ3n) is 2.81. The largest absolute Gasteiger partial charge is 0.416 e. The van der Waals surface area contributed by atoms with E-state index in [4.69, 9.17) is 10.3 Å². The summed E-state index contributed by atoms with van der Waals surface area (Å²) in [6, 6.07) is 0. The Morgan fingerprint density at radius 1 is 1.20 bits per heavy atom. The van der Waals surface area contributed by atoms with Crippen LogP contribution in [-0.4, -0.2) is 38.2 Å². The lowest BCUT2D eigenvalue weighted by atomic mass is 10.4. The fraction of sp³-hybridized carbons (Fsp3) is 0.500. The number of nitrogens with one attached hydrogen (secondary N) is 1. The fourth-order valence-electron chi connectivity index (χ4n) is 1.91. The molecule has 0 spiro atoms. The summed E-state index contributed by atoms with van der Waals surface area (Å²) >= 11 is 1.19. The van der Waals surface area contributed by atoms with Crippen molar-refractivity contribution < 1.29 is 4.42 Å². The molecule has 10 heteroatoms. The van der Waals surface area contributed by atoms with Crippen LogP contribution < -0.4 is 16.2 Å². The van der Waals surface area contributed by atoms with Gasteiger partial charge in [-0.1, -0.05) is 0 Å². The monoisotopic (exact) mass is 294 g/mol. The average molecular weight is 294 g/mol. The molecule has 106 valence electrons. The highest BCUT2D eigenvalue weighted by atomic mass is 32.2. The van der Waals surface area contributed by atoms with Crippen molar-refractivity contribution in [2.45, 2.75) is 30.1 Å². The smallest absolute Gasteiger partial charge is 0.284 e. The van der Waals surface area contributed by atoms with Gasteiger partial charge in [0, 0.05) is 31.8 Å². The Bertz CT molecular complexity index is 597. The van der Waals surface area contributed by atoms with Gasteiger partial charge in [0.1, 0.15) is 0 Å². The van der Waals surface area contributed by atoms with Crippen molar-refractivity contribution in [3.8, 4) is 0 Å². The summed E-state index contributed by atoms with van der Waals surface area (Å²) in [7, 11) is 0. The van der Waals surface area contributed by atoms with Gasteiger partial charge in [-0.25, -0.2) is 5.84 Å². The summed E-state index contributed by atoms with van der Waals surface area (Å²) in [6.07, 6.45) is 2.28. The van der Waals surface area contributed by atoms with E-state index < -0.39 is 0 Å². The predicted octanol–water partition coefficient (Wildman–Crippen LogP) is 0.600. The van der Waals surface area contributed by atoms with Crippen LogP contribution in [0.15, 0.2) is 14.8 Å². The third-order valence-corrected chi connectivity index (χ3v) is 3.51. The number of aromatic nitrogens is 5. The van der Waals surface area contributed by atoms with Crippen LogP contribution in [0.1, 0.15) is 18.7 Å². The van der Waals surface area contributed by atoms with Crippen molar-refractivity contribution in [3.63, 3.8) is 0 Å². The maximum atomic E-state index is 5.40. The van der Waals surface area contributed by atoms with Crippen LogP contribution in [0.3, 0.4) is 0 Å². The lowest BCUT2D eigenvalue weighted by molar-refractivity contribution is 0.429. The van der Waals surface area contributed by atoms with Gasteiger partial charge in [-0.3, -0.25) is 5.43 Å². The van der Waals surface area contributed by atoms with Gasteiger partial charge in [0.05, 0.1) is 0 Å². The maximum absolute atomic E-state index is 5.40. The first-order chi connectivity index (χ1) is 9.74. The highest BCUT2D eigenvalue weighted by molar-refractivity contribution is 7.98. The number of anilines is 2. The van der Waals surface area contributed by atoms with Crippen molar-refractivity contribution in [2.75, 3.05) is 23.4 Å². The van der Waals surface area contributed by atoms with Gasteiger partial charge in [0.25, 0.3) is 5.22 Å². The van der Waals surface area contributed by atoms with Gasteiger partial charge in [-0.15, -0.1) is 10.2 Å². The lowest BCUT2D eigenvalue weighted by Crippen LogP contribution is -2.22. The molecule has 0 amide bonds. The molecule has 0 unspecified atom stereocenters. The van der Waals surface area contributed by atoms with Gasteiger partial charge < -0.3 is 9.32 Å². The van der Waals surface area contributed by atoms with E-state index in [9.17, 15) is 0 Å². The summed E-state index contributed by atoms with van der Waals surface area (Å²) in [5.74, 6) is 6.84. The number of aryl methyl sites for hydroxylation is 1. The molecule has 0 aromatic carbocycles. The summed E-state index contributed by atoms with van der Waals surface area (Å²) in [5.41, 5.74) is 2.45. The normalized spacial score (nSPS) is 14.8. The molecular formula is C10H14N8OS. The number of rotatable bonds is 4. The minimum atomic E-state index is 0.320. The minimum Gasteiger partial charge on any atom is -0.416 e. The number of hydrogen-bond acceptors (Lipinski definition) is 10. The van der Waals surface area contributed by atoms with Crippen LogP contribution in [0, 0.1) is 6.92 Å². The average Bonchev–Trinajstić information content (AvgIpc) is 3.10. The van der Waals surface area contributed by atoms with Crippen LogP contribution in [0.2, 0.25) is 0 Å². The molecule has 0 aliphatic carbocycles. The minimum absolute atomic E-state index is 0.320. The second kappa shape index (κ2) is 5.59. The van der Waals surface area contributed by atoms with E-state index in [1.165, 1.54) is 11.8 Å². The zero-order chi connectivity index (χ0) is 13.9. The Morgan fingerprint density at radius 3 is 2.65 bits per heavy atom. The van der Waals surface area contributed by atoms with Gasteiger partial charge >= 0.3 is 0 Å². The molecular weight excluding hydrogens is 280 g/mol. The zero-order valence-electron chi connectivity index (χ0n) is 10.9. The topological polar surface area (TPSA) is 119 Å². The number of nitrogens with two attached hydrogens (primary N) is 1. The number of nitrogen functional groups attached to an aromatic ring is 1. The highest BCUT2D eigenvalue weighted by Gasteiger charge is 2.18. The Hall–Kier alpha value is -1.94. The van der Waals surface area contributed by atoms with E-state index in [1.807, 2.05) is 0 Å². The first-order valence-corrected chi connectivity index (χ1v) is 7.02. The van der Waals surface area contributed by atoms with E-state index in [-0.39, 0.29) is 0 Å². The molecule has 9 nitrogen and oxygen atoms in total. The Balaban J connectivity index is 1.87. The molecule has 3 heterocycles. The highest BCUT2D eigenvalue weighted by Crippen LogP contribution is 2.26. The summed E-state index contributed by atoms with van der Waals surface area (Å²) in [4.78, 5) is 15.0. The van der Waals surface area contributed by atoms with E-state index in [2.05, 4.69) is 35.5 Å². The molecule has 3 rings (SSSR count). The molecule has 2 aromatic rings. The van der Waals surface area contributed by atoms with Crippen LogP contribution in [0.4, 0.5) is 11.9 Å². The molecule has 1 aliphatic heterocycles. The quantitative estimate of drug-likeness (QED) is 0.612. The number of hydrazine groups is 1. The van der Waals surface area contributed by atoms with Gasteiger partial charge in [0.15, 0.2) is 0 Å². The SMILES string of the molecule is Cc1nnc(Sc2nc(NN)nc(N3CCCC3)n2)o1. The van der Waals surface area contributed by atoms with E-state index >= 15 is 0 Å². The first-order valence-electron chi connectivity index (χ1n) is 6.20. The Labute approximate surface area is 119 Å². The lowest BCUT2D eigenvalue weighted by Gasteiger charge is -2.15. The Morgan fingerprint density at radius 2 is 2.00 bits per heavy atom. The van der Waals surface area contributed by atoms with Crippen LogP contribution in [0.5, 0.6) is 0 Å². The molecule has 1 aliphatic rings. The molecule has 0 saturated carbocycles. The molecule has 3 N–H and O–H groups in total. The van der Waals surface area contributed by atoms with Gasteiger partial charge in [-0.2, -0.15) is 15.0 Å². The summed E-state index contributed by atoms with van der Waals surface area (Å²) < 4.78 is 5.30. The van der Waals surface area contributed by atoms with Crippen molar-refractivity contribution in [2.24, 2.45) is 5.84 Å². The molecule has 1 saturated heterocycles. The van der Waals surface area contributed by atoms with Crippen molar-refractivity contribution in [1.29, 1.82) is 0 Å². The maximum Gasteiger partial charge on any atom is 0.284 e. The van der Waals surface area contributed by atoms with Crippen LogP contribution >= 0.6 is 11.8 Å². The van der Waals surface area contributed by atoms with Crippen LogP contribution in [-0.2, 0) is 0 Å². The Kier molecular flexibility index (Phi) is 3.65. The zero-order valence-corrected chi connectivity index (χ0v) is 11.7. The molecule has 20 heavy (non-hydrogen) atoms. The number of nitrogens with zero attached hydrogens (tertiary/aromatic N) is 6. The number of hydrogen-bond donors (Lipinski definition) is 2. The second-order valence-electron chi connectivity index (χ2n) is 4.27. The second-order valence-corrected chi connectivity index (χ2v) is 5.19. The van der Waals surface area contributed by atoms with E-state index in [1.54, 1.807) is 6.92 Å². The molecule has 0 atom stereocenters. The van der Waals surface area contributed by atoms with Crippen molar-refractivity contribution in [3.05, 3.63) is 5.89 Å². The predicted molar refractivity (Wildman–Crippen MR) is 72.2 cm³/mol.